The minimum Gasteiger partial charge on any atom is -0.452 e. The molecule has 26 heavy (non-hydrogen) atoms. The SMILES string of the molecule is Cc1nn(-c2ccccc2)c(C)c1C(=O)C(=O)O[C@H](C)c1cccnc1. The second-order valence-corrected chi connectivity index (χ2v) is 5.96. The number of rotatable bonds is 5. The molecule has 0 saturated carbocycles. The molecule has 0 amide bonds. The number of carbonyl (C=O) groups excluding carboxylic acids is 2. The molecule has 1 atom stereocenters. The quantitative estimate of drug-likeness (QED) is 0.401. The number of para-hydroxylation sites is 1. The van der Waals surface area contributed by atoms with Crippen molar-refractivity contribution in [3.63, 3.8) is 0 Å². The number of pyridine rings is 1. The van der Waals surface area contributed by atoms with Gasteiger partial charge in [-0.3, -0.25) is 9.78 Å². The molecule has 0 saturated heterocycles. The molecule has 1 aromatic carbocycles. The van der Waals surface area contributed by atoms with Gasteiger partial charge < -0.3 is 4.74 Å². The maximum absolute atomic E-state index is 12.7. The minimum absolute atomic E-state index is 0.275. The molecule has 3 rings (SSSR count). The van der Waals surface area contributed by atoms with Gasteiger partial charge >= 0.3 is 5.97 Å². The predicted molar refractivity (Wildman–Crippen MR) is 96.1 cm³/mol. The van der Waals surface area contributed by atoms with Crippen molar-refractivity contribution < 1.29 is 14.3 Å². The second kappa shape index (κ2) is 7.31. The average molecular weight is 349 g/mol. The summed E-state index contributed by atoms with van der Waals surface area (Å²) in [5.74, 6) is -1.60. The average Bonchev–Trinajstić information content (AvgIpc) is 2.96. The Labute approximate surface area is 151 Å². The summed E-state index contributed by atoms with van der Waals surface area (Å²) in [5.41, 5.74) is 2.91. The van der Waals surface area contributed by atoms with Crippen LogP contribution in [0.15, 0.2) is 54.9 Å². The van der Waals surface area contributed by atoms with E-state index >= 15 is 0 Å². The molecular weight excluding hydrogens is 330 g/mol. The number of carbonyl (C=O) groups is 2. The van der Waals surface area contributed by atoms with E-state index in [1.54, 1.807) is 50.0 Å². The lowest BCUT2D eigenvalue weighted by molar-refractivity contribution is -0.142. The van der Waals surface area contributed by atoms with Crippen molar-refractivity contribution in [3.05, 3.63) is 77.4 Å². The summed E-state index contributed by atoms with van der Waals surface area (Å²) in [5, 5.41) is 4.40. The molecule has 3 aromatic rings. The number of nitrogens with zero attached hydrogens (tertiary/aromatic N) is 3. The van der Waals surface area contributed by atoms with Gasteiger partial charge in [0.1, 0.15) is 6.10 Å². The lowest BCUT2D eigenvalue weighted by atomic mass is 10.1. The number of hydrogen-bond acceptors (Lipinski definition) is 5. The Kier molecular flexibility index (Phi) is 4.93. The van der Waals surface area contributed by atoms with Crippen LogP contribution in [0.2, 0.25) is 0 Å². The fourth-order valence-corrected chi connectivity index (χ4v) is 2.79. The molecule has 0 aliphatic heterocycles. The summed E-state index contributed by atoms with van der Waals surface area (Å²) in [6, 6.07) is 13.0. The van der Waals surface area contributed by atoms with Gasteiger partial charge in [-0.25, -0.2) is 9.48 Å². The number of Topliss-reactive ketones (excluding diaryl/α,β-unsaturated/α-hetero) is 1. The van der Waals surface area contributed by atoms with Gasteiger partial charge in [-0.2, -0.15) is 5.10 Å². The third-order valence-electron chi connectivity index (χ3n) is 4.14. The zero-order valence-electron chi connectivity index (χ0n) is 14.8. The van der Waals surface area contributed by atoms with Crippen molar-refractivity contribution in [1.29, 1.82) is 0 Å². The summed E-state index contributed by atoms with van der Waals surface area (Å²) < 4.78 is 6.97. The fraction of sp³-hybridized carbons (Fsp3) is 0.200. The Morgan fingerprint density at radius 2 is 1.81 bits per heavy atom. The van der Waals surface area contributed by atoms with Crippen LogP contribution >= 0.6 is 0 Å². The summed E-state index contributed by atoms with van der Waals surface area (Å²) in [7, 11) is 0. The van der Waals surface area contributed by atoms with E-state index in [1.165, 1.54) is 0 Å². The van der Waals surface area contributed by atoms with Crippen molar-refractivity contribution in [2.45, 2.75) is 26.9 Å². The van der Waals surface area contributed by atoms with Crippen molar-refractivity contribution in [2.75, 3.05) is 0 Å². The van der Waals surface area contributed by atoms with Gasteiger partial charge in [0.2, 0.25) is 0 Å². The summed E-state index contributed by atoms with van der Waals surface area (Å²) in [6.07, 6.45) is 2.67. The van der Waals surface area contributed by atoms with E-state index < -0.39 is 17.9 Å². The number of ether oxygens (including phenoxy) is 1. The predicted octanol–water partition coefficient (Wildman–Crippen LogP) is 3.37. The van der Waals surface area contributed by atoms with Gasteiger partial charge in [0.05, 0.1) is 22.6 Å². The van der Waals surface area contributed by atoms with E-state index in [4.69, 9.17) is 4.74 Å². The number of esters is 1. The van der Waals surface area contributed by atoms with E-state index in [-0.39, 0.29) is 5.56 Å². The Morgan fingerprint density at radius 3 is 2.46 bits per heavy atom. The third-order valence-corrected chi connectivity index (χ3v) is 4.14. The number of aryl methyl sites for hydroxylation is 1. The van der Waals surface area contributed by atoms with Crippen LogP contribution in [0.1, 0.15) is 40.3 Å². The first-order chi connectivity index (χ1) is 12.5. The van der Waals surface area contributed by atoms with Gasteiger partial charge in [-0.05, 0) is 39.0 Å². The number of hydrogen-bond donors (Lipinski definition) is 0. The highest BCUT2D eigenvalue weighted by atomic mass is 16.5. The van der Waals surface area contributed by atoms with Gasteiger partial charge in [-0.15, -0.1) is 0 Å². The van der Waals surface area contributed by atoms with Crippen LogP contribution in [0.4, 0.5) is 0 Å². The van der Waals surface area contributed by atoms with Gasteiger partial charge in [0.15, 0.2) is 0 Å². The zero-order chi connectivity index (χ0) is 18.7. The van der Waals surface area contributed by atoms with E-state index in [0.29, 0.717) is 11.4 Å². The van der Waals surface area contributed by atoms with E-state index in [0.717, 1.165) is 11.3 Å². The molecule has 0 aliphatic rings. The van der Waals surface area contributed by atoms with Gasteiger partial charge in [0.25, 0.3) is 5.78 Å². The molecule has 0 fully saturated rings. The summed E-state index contributed by atoms with van der Waals surface area (Å²) in [4.78, 5) is 29.0. The maximum Gasteiger partial charge on any atom is 0.380 e. The van der Waals surface area contributed by atoms with Crippen molar-refractivity contribution >= 4 is 11.8 Å². The van der Waals surface area contributed by atoms with Crippen molar-refractivity contribution in [2.24, 2.45) is 0 Å². The molecule has 132 valence electrons. The van der Waals surface area contributed by atoms with E-state index in [1.807, 2.05) is 30.3 Å². The first kappa shape index (κ1) is 17.5. The largest absolute Gasteiger partial charge is 0.452 e. The molecule has 2 aromatic heterocycles. The Bertz CT molecular complexity index is 934. The smallest absolute Gasteiger partial charge is 0.380 e. The highest BCUT2D eigenvalue weighted by molar-refractivity contribution is 6.41. The lowest BCUT2D eigenvalue weighted by Crippen LogP contribution is -2.20. The van der Waals surface area contributed by atoms with Crippen LogP contribution < -0.4 is 0 Å². The Hall–Kier alpha value is -3.28. The highest BCUT2D eigenvalue weighted by Gasteiger charge is 2.27. The molecule has 0 aliphatic carbocycles. The van der Waals surface area contributed by atoms with Crippen LogP contribution in [0, 0.1) is 13.8 Å². The molecule has 0 bridgehead atoms. The standard InChI is InChI=1S/C20H19N3O3/c1-13-18(14(2)23(22-13)17-9-5-4-6-10-17)19(24)20(25)26-15(3)16-8-7-11-21-12-16/h4-12,15H,1-3H3/t15-/m1/s1. The monoisotopic (exact) mass is 349 g/mol. The van der Waals surface area contributed by atoms with Crippen LogP contribution in [-0.4, -0.2) is 26.5 Å². The first-order valence-electron chi connectivity index (χ1n) is 8.26. The fourth-order valence-electron chi connectivity index (χ4n) is 2.79. The Balaban J connectivity index is 1.84. The zero-order valence-corrected chi connectivity index (χ0v) is 14.8. The molecule has 0 radical (unpaired) electrons. The van der Waals surface area contributed by atoms with Crippen LogP contribution in [-0.2, 0) is 9.53 Å². The third kappa shape index (κ3) is 3.39. The number of ketones is 1. The maximum atomic E-state index is 12.7. The number of aromatic nitrogens is 3. The minimum atomic E-state index is -0.903. The van der Waals surface area contributed by atoms with Crippen molar-refractivity contribution in [1.82, 2.24) is 14.8 Å². The van der Waals surface area contributed by atoms with E-state index in [9.17, 15) is 9.59 Å². The Morgan fingerprint density at radius 1 is 1.08 bits per heavy atom. The van der Waals surface area contributed by atoms with Gasteiger partial charge in [-0.1, -0.05) is 24.3 Å². The van der Waals surface area contributed by atoms with Crippen molar-refractivity contribution in [3.8, 4) is 5.69 Å². The highest BCUT2D eigenvalue weighted by Crippen LogP contribution is 2.21. The summed E-state index contributed by atoms with van der Waals surface area (Å²) in [6.45, 7) is 5.17. The molecule has 6 heteroatoms. The molecule has 2 heterocycles. The lowest BCUT2D eigenvalue weighted by Gasteiger charge is -2.12. The topological polar surface area (TPSA) is 74.1 Å². The van der Waals surface area contributed by atoms with Crippen LogP contribution in [0.25, 0.3) is 5.69 Å². The van der Waals surface area contributed by atoms with Crippen LogP contribution in [0.5, 0.6) is 0 Å². The summed E-state index contributed by atoms with van der Waals surface area (Å²) >= 11 is 0. The second-order valence-electron chi connectivity index (χ2n) is 5.96. The molecule has 0 unspecified atom stereocenters. The molecular formula is C20H19N3O3. The normalized spacial score (nSPS) is 11.8. The van der Waals surface area contributed by atoms with Gasteiger partial charge in [0, 0.05) is 18.0 Å². The van der Waals surface area contributed by atoms with E-state index in [2.05, 4.69) is 10.1 Å². The molecule has 6 nitrogen and oxygen atoms in total. The number of benzene rings is 1. The molecule has 0 spiro atoms. The first-order valence-corrected chi connectivity index (χ1v) is 8.26. The van der Waals surface area contributed by atoms with Crippen LogP contribution in [0.3, 0.4) is 0 Å². The molecule has 0 N–H and O–H groups in total.